The van der Waals surface area contributed by atoms with Crippen LogP contribution in [0.15, 0.2) is 52.9 Å². The van der Waals surface area contributed by atoms with Crippen molar-refractivity contribution in [1.29, 1.82) is 0 Å². The van der Waals surface area contributed by atoms with E-state index in [1.54, 1.807) is 17.0 Å². The predicted octanol–water partition coefficient (Wildman–Crippen LogP) is 5.03. The van der Waals surface area contributed by atoms with Gasteiger partial charge in [0.2, 0.25) is 5.91 Å². The Morgan fingerprint density at radius 3 is 2.50 bits per heavy atom. The number of likely N-dealkylation sites (tertiary alicyclic amines) is 1. The van der Waals surface area contributed by atoms with Gasteiger partial charge in [-0.3, -0.25) is 9.59 Å². The van der Waals surface area contributed by atoms with E-state index in [0.717, 1.165) is 32.1 Å². The standard InChI is InChI=1S/C29H32FN5O5/c1-39-28(38)24-7-4-16-35(24)25(36)17-18-8-10-19(11-9-18)20-12-14-21(15-13-20)31-26(37)27-33-34-29(40-27)32-23-6-3-2-5-22(23)30/h2-3,5-6,12-15,18-19,24H,4,7-11,16-17H2,1H3,(H,31,37)(H,32,34)/t18?,19?,24-/m0/s1. The Hall–Kier alpha value is -4.28. The van der Waals surface area contributed by atoms with Gasteiger partial charge < -0.3 is 24.7 Å². The maximum absolute atomic E-state index is 13.8. The maximum atomic E-state index is 13.8. The Balaban J connectivity index is 1.09. The molecule has 10 nitrogen and oxygen atoms in total. The minimum Gasteiger partial charge on any atom is -0.467 e. The number of para-hydroxylation sites is 1. The van der Waals surface area contributed by atoms with Gasteiger partial charge in [-0.25, -0.2) is 9.18 Å². The van der Waals surface area contributed by atoms with Crippen LogP contribution < -0.4 is 10.6 Å². The molecule has 0 unspecified atom stereocenters. The Morgan fingerprint density at radius 2 is 1.77 bits per heavy atom. The van der Waals surface area contributed by atoms with Crippen LogP contribution in [0.3, 0.4) is 0 Å². The number of esters is 1. The van der Waals surface area contributed by atoms with Crippen LogP contribution in [0.2, 0.25) is 0 Å². The molecule has 0 bridgehead atoms. The zero-order valence-corrected chi connectivity index (χ0v) is 22.3. The molecule has 2 amide bonds. The maximum Gasteiger partial charge on any atom is 0.328 e. The lowest BCUT2D eigenvalue weighted by molar-refractivity contribution is -0.151. The van der Waals surface area contributed by atoms with Crippen molar-refractivity contribution in [2.24, 2.45) is 5.92 Å². The molecule has 1 aromatic heterocycles. The molecule has 2 fully saturated rings. The second-order valence-corrected chi connectivity index (χ2v) is 10.3. The number of halogens is 1. The summed E-state index contributed by atoms with van der Waals surface area (Å²) >= 11 is 0. The number of amides is 2. The van der Waals surface area contributed by atoms with Crippen molar-refractivity contribution >= 4 is 35.2 Å². The van der Waals surface area contributed by atoms with Crippen LogP contribution in [-0.4, -0.2) is 52.6 Å². The first-order valence-corrected chi connectivity index (χ1v) is 13.5. The molecule has 0 radical (unpaired) electrons. The molecule has 1 aliphatic carbocycles. The molecule has 1 aliphatic heterocycles. The summed E-state index contributed by atoms with van der Waals surface area (Å²) in [7, 11) is 1.36. The van der Waals surface area contributed by atoms with Gasteiger partial charge in [0.15, 0.2) is 0 Å². The number of rotatable bonds is 8. The number of carbonyl (C=O) groups excluding carboxylic acids is 3. The Bertz CT molecular complexity index is 1350. The molecule has 40 heavy (non-hydrogen) atoms. The van der Waals surface area contributed by atoms with Crippen molar-refractivity contribution in [3.05, 3.63) is 65.8 Å². The summed E-state index contributed by atoms with van der Waals surface area (Å²) in [6.45, 7) is 0.620. The fourth-order valence-corrected chi connectivity index (χ4v) is 5.58. The SMILES string of the molecule is COC(=O)[C@@H]1CCCN1C(=O)CC1CCC(c2ccc(NC(=O)c3nnc(Nc4ccccc4F)o3)cc2)CC1. The van der Waals surface area contributed by atoms with Crippen LogP contribution in [-0.2, 0) is 14.3 Å². The summed E-state index contributed by atoms with van der Waals surface area (Å²) in [5.41, 5.74) is 1.93. The number of aromatic nitrogens is 2. The van der Waals surface area contributed by atoms with Crippen molar-refractivity contribution in [2.75, 3.05) is 24.3 Å². The molecule has 1 saturated carbocycles. The summed E-state index contributed by atoms with van der Waals surface area (Å²) in [4.78, 5) is 39.1. The minimum absolute atomic E-state index is 0.0489. The molecule has 2 aromatic carbocycles. The highest BCUT2D eigenvalue weighted by Crippen LogP contribution is 2.38. The lowest BCUT2D eigenvalue weighted by Gasteiger charge is -2.30. The van der Waals surface area contributed by atoms with Crippen LogP contribution in [0.1, 0.15) is 67.1 Å². The first kappa shape index (κ1) is 27.3. The van der Waals surface area contributed by atoms with Crippen molar-refractivity contribution in [3.8, 4) is 0 Å². The molecule has 210 valence electrons. The van der Waals surface area contributed by atoms with Crippen molar-refractivity contribution in [3.63, 3.8) is 0 Å². The van der Waals surface area contributed by atoms with E-state index in [-0.39, 0.29) is 29.5 Å². The van der Waals surface area contributed by atoms with Crippen molar-refractivity contribution < 1.29 is 27.9 Å². The topological polar surface area (TPSA) is 127 Å². The fraction of sp³-hybridized carbons (Fsp3) is 0.414. The average molecular weight is 550 g/mol. The van der Waals surface area contributed by atoms with E-state index in [2.05, 4.69) is 20.8 Å². The molecule has 11 heteroatoms. The van der Waals surface area contributed by atoms with E-state index in [1.165, 1.54) is 24.8 Å². The van der Waals surface area contributed by atoms with Gasteiger partial charge in [0.25, 0.3) is 0 Å². The first-order valence-electron chi connectivity index (χ1n) is 13.5. The van der Waals surface area contributed by atoms with E-state index in [4.69, 9.17) is 9.15 Å². The zero-order valence-electron chi connectivity index (χ0n) is 22.3. The Kier molecular flexibility index (Phi) is 8.37. The van der Waals surface area contributed by atoms with Crippen LogP contribution in [0.4, 0.5) is 21.8 Å². The lowest BCUT2D eigenvalue weighted by Crippen LogP contribution is -2.41. The number of carbonyl (C=O) groups is 3. The van der Waals surface area contributed by atoms with Gasteiger partial charge in [-0.05, 0) is 80.2 Å². The molecular formula is C29H32FN5O5. The highest BCUT2D eigenvalue weighted by atomic mass is 19.1. The van der Waals surface area contributed by atoms with Crippen LogP contribution in [0.25, 0.3) is 0 Å². The van der Waals surface area contributed by atoms with Crippen LogP contribution in [0, 0.1) is 11.7 Å². The Morgan fingerprint density at radius 1 is 1.02 bits per heavy atom. The molecule has 1 atom stereocenters. The summed E-state index contributed by atoms with van der Waals surface area (Å²) in [5, 5.41) is 12.9. The van der Waals surface area contributed by atoms with Gasteiger partial charge in [0, 0.05) is 18.7 Å². The summed E-state index contributed by atoms with van der Waals surface area (Å²) in [6.07, 6.45) is 5.83. The second-order valence-electron chi connectivity index (χ2n) is 10.3. The lowest BCUT2D eigenvalue weighted by atomic mass is 9.77. The molecule has 1 saturated heterocycles. The molecule has 2 N–H and O–H groups in total. The number of anilines is 3. The quantitative estimate of drug-likeness (QED) is 0.375. The third kappa shape index (κ3) is 6.30. The van der Waals surface area contributed by atoms with Crippen LogP contribution in [0.5, 0.6) is 0 Å². The number of nitrogens with zero attached hydrogens (tertiary/aromatic N) is 3. The minimum atomic E-state index is -0.570. The second kappa shape index (κ2) is 12.3. The zero-order chi connectivity index (χ0) is 28.1. The molecule has 5 rings (SSSR count). The van der Waals surface area contributed by atoms with Crippen molar-refractivity contribution in [1.82, 2.24) is 15.1 Å². The van der Waals surface area contributed by atoms with E-state index in [1.807, 2.05) is 24.3 Å². The Labute approximate surface area is 231 Å². The predicted molar refractivity (Wildman–Crippen MR) is 144 cm³/mol. The van der Waals surface area contributed by atoms with Gasteiger partial charge in [0.1, 0.15) is 11.9 Å². The number of ether oxygens (including phenoxy) is 1. The highest BCUT2D eigenvalue weighted by Gasteiger charge is 2.36. The summed E-state index contributed by atoms with van der Waals surface area (Å²) in [6, 6.07) is 13.2. The molecule has 2 aliphatic rings. The van der Waals surface area contributed by atoms with Crippen LogP contribution >= 0.6 is 0 Å². The van der Waals surface area contributed by atoms with E-state index in [9.17, 15) is 18.8 Å². The fourth-order valence-electron chi connectivity index (χ4n) is 5.58. The third-order valence-electron chi connectivity index (χ3n) is 7.73. The van der Waals surface area contributed by atoms with E-state index < -0.39 is 17.8 Å². The van der Waals surface area contributed by atoms with E-state index in [0.29, 0.717) is 36.9 Å². The molecule has 2 heterocycles. The largest absolute Gasteiger partial charge is 0.467 e. The number of benzene rings is 2. The van der Waals surface area contributed by atoms with Gasteiger partial charge in [-0.1, -0.05) is 29.4 Å². The van der Waals surface area contributed by atoms with Crippen molar-refractivity contribution in [2.45, 2.75) is 56.9 Å². The molecule has 3 aromatic rings. The number of methoxy groups -OCH3 is 1. The monoisotopic (exact) mass is 549 g/mol. The molecule has 0 spiro atoms. The third-order valence-corrected chi connectivity index (χ3v) is 7.73. The number of hydrogen-bond acceptors (Lipinski definition) is 8. The number of nitrogens with one attached hydrogen (secondary N) is 2. The van der Waals surface area contributed by atoms with Gasteiger partial charge >= 0.3 is 23.8 Å². The summed E-state index contributed by atoms with van der Waals surface area (Å²) < 4.78 is 24.0. The number of hydrogen-bond donors (Lipinski definition) is 2. The van der Waals surface area contributed by atoms with E-state index >= 15 is 0 Å². The smallest absolute Gasteiger partial charge is 0.328 e. The molecular weight excluding hydrogens is 517 g/mol. The van der Waals surface area contributed by atoms with Gasteiger partial charge in [-0.2, -0.15) is 0 Å². The summed E-state index contributed by atoms with van der Waals surface area (Å²) in [5.74, 6) is -0.880. The normalized spacial score (nSPS) is 20.6. The first-order chi connectivity index (χ1) is 19.4. The van der Waals surface area contributed by atoms with Gasteiger partial charge in [-0.15, -0.1) is 5.10 Å². The average Bonchev–Trinajstić information content (AvgIpc) is 3.65. The highest BCUT2D eigenvalue weighted by molar-refractivity contribution is 6.00. The van der Waals surface area contributed by atoms with Gasteiger partial charge in [0.05, 0.1) is 12.8 Å².